The molecule has 1 aliphatic rings. The molecule has 0 aliphatic heterocycles. The highest BCUT2D eigenvalue weighted by molar-refractivity contribution is 5.77. The molecular formula is C19H30N4O6. The number of hydrogen-bond donors (Lipinski definition) is 4. The van der Waals surface area contributed by atoms with Crippen LogP contribution in [0.15, 0.2) is 16.9 Å². The van der Waals surface area contributed by atoms with Gasteiger partial charge in [-0.05, 0) is 38.2 Å². The summed E-state index contributed by atoms with van der Waals surface area (Å²) < 4.78 is 5.09. The standard InChI is InChI=1S/C18H28N4O4.CH2O2/c1-2-26-12-18(25)19-11-13-4-3-5-15(10-13)20-16(23)8-6-14-7-9-17(24)22-21-14;2-1-3/h7,9,13,15H,2-6,8,10-12H2,1H3,(H,19,25)(H,20,23)(H,22,24);1H,(H,2,3)/t13-,15+;/m1./s1. The van der Waals surface area contributed by atoms with Gasteiger partial charge in [-0.15, -0.1) is 0 Å². The summed E-state index contributed by atoms with van der Waals surface area (Å²) >= 11 is 0. The van der Waals surface area contributed by atoms with E-state index in [-0.39, 0.29) is 36.5 Å². The molecule has 0 saturated heterocycles. The Morgan fingerprint density at radius 2 is 2.10 bits per heavy atom. The molecule has 29 heavy (non-hydrogen) atoms. The Morgan fingerprint density at radius 1 is 1.34 bits per heavy atom. The molecule has 1 aliphatic carbocycles. The summed E-state index contributed by atoms with van der Waals surface area (Å²) in [5.74, 6) is 0.274. The van der Waals surface area contributed by atoms with Gasteiger partial charge in [-0.1, -0.05) is 6.42 Å². The van der Waals surface area contributed by atoms with Crippen molar-refractivity contribution in [1.29, 1.82) is 0 Å². The second kappa shape index (κ2) is 14.3. The monoisotopic (exact) mass is 410 g/mol. The van der Waals surface area contributed by atoms with E-state index in [1.807, 2.05) is 6.92 Å². The summed E-state index contributed by atoms with van der Waals surface area (Å²) in [7, 11) is 0. The first-order valence-electron chi connectivity index (χ1n) is 9.74. The van der Waals surface area contributed by atoms with E-state index in [1.165, 1.54) is 6.07 Å². The Hall–Kier alpha value is -2.75. The lowest BCUT2D eigenvalue weighted by Crippen LogP contribution is -2.41. The number of hydrogen-bond acceptors (Lipinski definition) is 6. The summed E-state index contributed by atoms with van der Waals surface area (Å²) in [5.41, 5.74) is 0.443. The third-order valence-corrected chi connectivity index (χ3v) is 4.52. The van der Waals surface area contributed by atoms with Crippen molar-refractivity contribution in [2.75, 3.05) is 19.8 Å². The zero-order valence-corrected chi connectivity index (χ0v) is 16.7. The van der Waals surface area contributed by atoms with Crippen LogP contribution in [0.2, 0.25) is 0 Å². The molecule has 0 spiro atoms. The second-order valence-electron chi connectivity index (χ2n) is 6.76. The molecule has 1 saturated carbocycles. The van der Waals surface area contributed by atoms with Crippen molar-refractivity contribution in [1.82, 2.24) is 20.8 Å². The van der Waals surface area contributed by atoms with E-state index < -0.39 is 0 Å². The second-order valence-corrected chi connectivity index (χ2v) is 6.76. The molecule has 1 aromatic rings. The molecule has 2 rings (SSSR count). The lowest BCUT2D eigenvalue weighted by molar-refractivity contribution is -0.126. The number of H-pyrrole nitrogens is 1. The molecule has 0 unspecified atom stereocenters. The SMILES string of the molecule is CCOCC(=O)NC[C@@H]1CCC[C@H](NC(=O)CCc2ccc(=O)[nH]n2)C1.O=CO. The number of aromatic amines is 1. The number of ether oxygens (including phenoxy) is 1. The van der Waals surface area contributed by atoms with Crippen LogP contribution in [0.5, 0.6) is 0 Å². The van der Waals surface area contributed by atoms with Crippen molar-refractivity contribution in [2.45, 2.75) is 51.5 Å². The molecule has 0 bridgehead atoms. The van der Waals surface area contributed by atoms with Gasteiger partial charge in [0.15, 0.2) is 0 Å². The fourth-order valence-corrected chi connectivity index (χ4v) is 3.17. The van der Waals surface area contributed by atoms with Crippen molar-refractivity contribution >= 4 is 18.3 Å². The third kappa shape index (κ3) is 11.0. The minimum atomic E-state index is -0.250. The van der Waals surface area contributed by atoms with Crippen LogP contribution < -0.4 is 16.2 Å². The Kier molecular flexibility index (Phi) is 12.0. The van der Waals surface area contributed by atoms with Gasteiger partial charge >= 0.3 is 0 Å². The molecule has 1 aromatic heterocycles. The number of nitrogens with one attached hydrogen (secondary N) is 3. The van der Waals surface area contributed by atoms with Gasteiger partial charge in [-0.3, -0.25) is 19.2 Å². The van der Waals surface area contributed by atoms with Crippen LogP contribution >= 0.6 is 0 Å². The quantitative estimate of drug-likeness (QED) is 0.426. The van der Waals surface area contributed by atoms with Crippen molar-refractivity contribution in [3.63, 3.8) is 0 Å². The zero-order chi connectivity index (χ0) is 21.5. The first-order chi connectivity index (χ1) is 14.0. The van der Waals surface area contributed by atoms with Crippen molar-refractivity contribution < 1.29 is 24.2 Å². The summed E-state index contributed by atoms with van der Waals surface area (Å²) in [6.07, 6.45) is 4.77. The van der Waals surface area contributed by atoms with E-state index in [0.717, 1.165) is 25.7 Å². The van der Waals surface area contributed by atoms with E-state index in [4.69, 9.17) is 14.6 Å². The van der Waals surface area contributed by atoms with E-state index in [2.05, 4.69) is 20.8 Å². The van der Waals surface area contributed by atoms with Gasteiger partial charge < -0.3 is 20.5 Å². The van der Waals surface area contributed by atoms with E-state index in [1.54, 1.807) is 6.07 Å². The molecule has 4 N–H and O–H groups in total. The number of nitrogens with zero attached hydrogens (tertiary/aromatic N) is 1. The smallest absolute Gasteiger partial charge is 0.290 e. The largest absolute Gasteiger partial charge is 0.483 e. The van der Waals surface area contributed by atoms with Gasteiger partial charge in [-0.2, -0.15) is 5.10 Å². The van der Waals surface area contributed by atoms with E-state index in [0.29, 0.717) is 37.6 Å². The molecule has 10 nitrogen and oxygen atoms in total. The van der Waals surface area contributed by atoms with Crippen LogP contribution in [0.3, 0.4) is 0 Å². The highest BCUT2D eigenvalue weighted by Crippen LogP contribution is 2.23. The number of rotatable bonds is 9. The topological polar surface area (TPSA) is 150 Å². The molecule has 2 atom stereocenters. The van der Waals surface area contributed by atoms with Crippen molar-refractivity contribution in [3.8, 4) is 0 Å². The lowest BCUT2D eigenvalue weighted by Gasteiger charge is -2.30. The number of amides is 2. The van der Waals surface area contributed by atoms with Gasteiger partial charge in [0.1, 0.15) is 6.61 Å². The van der Waals surface area contributed by atoms with Crippen LogP contribution in [0.25, 0.3) is 0 Å². The Bertz CT molecular complexity index is 673. The maximum absolute atomic E-state index is 12.1. The maximum atomic E-state index is 12.1. The normalized spacial score (nSPS) is 18.1. The predicted octanol–water partition coefficient (Wildman–Crippen LogP) is 0.231. The number of aryl methyl sites for hydroxylation is 1. The Balaban J connectivity index is 0.00000132. The van der Waals surface area contributed by atoms with Crippen LogP contribution in [-0.4, -0.2) is 59.4 Å². The van der Waals surface area contributed by atoms with Crippen LogP contribution in [0.4, 0.5) is 0 Å². The number of carbonyl (C=O) groups is 3. The predicted molar refractivity (Wildman–Crippen MR) is 105 cm³/mol. The summed E-state index contributed by atoms with van der Waals surface area (Å²) in [5, 5.41) is 19.1. The molecule has 10 heteroatoms. The highest BCUT2D eigenvalue weighted by Gasteiger charge is 2.23. The van der Waals surface area contributed by atoms with Gasteiger partial charge in [0.2, 0.25) is 11.8 Å². The molecule has 1 heterocycles. The minimum absolute atomic E-state index is 0.0102. The van der Waals surface area contributed by atoms with Gasteiger partial charge in [0.25, 0.3) is 12.0 Å². The molecular weight excluding hydrogens is 380 g/mol. The maximum Gasteiger partial charge on any atom is 0.290 e. The number of carboxylic acid groups (broad SMARTS) is 1. The van der Waals surface area contributed by atoms with Crippen LogP contribution in [0, 0.1) is 5.92 Å². The molecule has 0 radical (unpaired) electrons. The average molecular weight is 410 g/mol. The number of aromatic nitrogens is 2. The minimum Gasteiger partial charge on any atom is -0.483 e. The van der Waals surface area contributed by atoms with Crippen LogP contribution in [0.1, 0.15) is 44.7 Å². The summed E-state index contributed by atoms with van der Waals surface area (Å²) in [4.78, 5) is 43.1. The lowest BCUT2D eigenvalue weighted by atomic mass is 9.85. The van der Waals surface area contributed by atoms with Gasteiger partial charge in [0.05, 0.1) is 5.69 Å². The van der Waals surface area contributed by atoms with Crippen molar-refractivity contribution in [3.05, 3.63) is 28.2 Å². The van der Waals surface area contributed by atoms with E-state index >= 15 is 0 Å². The Labute approximate surface area is 169 Å². The number of carbonyl (C=O) groups excluding carboxylic acids is 2. The highest BCUT2D eigenvalue weighted by atomic mass is 16.5. The fourth-order valence-electron chi connectivity index (χ4n) is 3.17. The van der Waals surface area contributed by atoms with Gasteiger partial charge in [-0.25, -0.2) is 5.10 Å². The average Bonchev–Trinajstić information content (AvgIpc) is 2.71. The molecule has 2 amide bonds. The van der Waals surface area contributed by atoms with E-state index in [9.17, 15) is 14.4 Å². The summed E-state index contributed by atoms with van der Waals surface area (Å²) in [6, 6.07) is 3.19. The Morgan fingerprint density at radius 3 is 2.76 bits per heavy atom. The third-order valence-electron chi connectivity index (χ3n) is 4.52. The first kappa shape index (κ1) is 24.3. The summed E-state index contributed by atoms with van der Waals surface area (Å²) in [6.45, 7) is 2.86. The molecule has 1 fully saturated rings. The zero-order valence-electron chi connectivity index (χ0n) is 16.7. The first-order valence-corrected chi connectivity index (χ1v) is 9.74. The fraction of sp³-hybridized carbons (Fsp3) is 0.632. The molecule has 162 valence electrons. The van der Waals surface area contributed by atoms with Crippen LogP contribution in [-0.2, 0) is 25.5 Å². The van der Waals surface area contributed by atoms with Gasteiger partial charge in [0, 0.05) is 38.1 Å². The van der Waals surface area contributed by atoms with Crippen molar-refractivity contribution in [2.24, 2.45) is 5.92 Å². The molecule has 0 aromatic carbocycles.